The van der Waals surface area contributed by atoms with Crippen molar-refractivity contribution in [3.05, 3.63) is 103 Å². The van der Waals surface area contributed by atoms with Gasteiger partial charge in [0.25, 0.3) is 18.4 Å². The summed E-state index contributed by atoms with van der Waals surface area (Å²) in [5.41, 5.74) is -0.409. The first-order valence-corrected chi connectivity index (χ1v) is 22.3. The number of aliphatic hydroxyl groups is 1. The molecule has 1 N–H and O–H groups in total. The van der Waals surface area contributed by atoms with Crippen molar-refractivity contribution >= 4 is 28.8 Å². The van der Waals surface area contributed by atoms with E-state index in [0.29, 0.717) is 31.8 Å². The van der Waals surface area contributed by atoms with Crippen molar-refractivity contribution in [2.24, 2.45) is 17.8 Å². The molecule has 0 aromatic heterocycles. The first-order valence-electron chi connectivity index (χ1n) is 19.0. The number of ether oxygens (including phenoxy) is 2. The minimum atomic E-state index is -3.99. The maximum Gasteiger partial charge on any atom is 0.297 e. The zero-order chi connectivity index (χ0) is 37.8. The third-order valence-electron chi connectivity index (χ3n) is 11.2. The summed E-state index contributed by atoms with van der Waals surface area (Å²) in [6, 6.07) is 28.0. The van der Waals surface area contributed by atoms with Crippen LogP contribution in [0, 0.1) is 24.7 Å². The Morgan fingerprint density at radius 3 is 2.08 bits per heavy atom. The van der Waals surface area contributed by atoms with E-state index in [-0.39, 0.29) is 40.6 Å². The highest BCUT2D eigenvalue weighted by Crippen LogP contribution is 2.46. The van der Waals surface area contributed by atoms with Crippen molar-refractivity contribution in [2.75, 3.05) is 13.2 Å². The van der Waals surface area contributed by atoms with E-state index in [2.05, 4.69) is 114 Å². The molecule has 0 unspecified atom stereocenters. The highest BCUT2D eigenvalue weighted by Gasteiger charge is 2.53. The van der Waals surface area contributed by atoms with Gasteiger partial charge in [0.2, 0.25) is 0 Å². The Hall–Kier alpha value is -2.63. The average Bonchev–Trinajstić information content (AvgIpc) is 3.11. The smallest absolute Gasteiger partial charge is 0.297 e. The molecule has 0 saturated carbocycles. The van der Waals surface area contributed by atoms with E-state index < -0.39 is 29.8 Å². The zero-order valence-electron chi connectivity index (χ0n) is 32.4. The van der Waals surface area contributed by atoms with Crippen LogP contribution in [0.4, 0.5) is 0 Å². The minimum absolute atomic E-state index is 0.0752. The molecule has 1 fully saturated rings. The Kier molecular flexibility index (Phi) is 12.8. The predicted molar refractivity (Wildman–Crippen MR) is 211 cm³/mol. The van der Waals surface area contributed by atoms with Gasteiger partial charge < -0.3 is 19.0 Å². The summed E-state index contributed by atoms with van der Waals surface area (Å²) in [4.78, 5) is 0.0752. The van der Waals surface area contributed by atoms with Gasteiger partial charge in [0, 0.05) is 18.4 Å². The van der Waals surface area contributed by atoms with Crippen LogP contribution in [-0.2, 0) is 28.2 Å². The third kappa shape index (κ3) is 9.00. The molecule has 0 bridgehead atoms. The standard InChI is InChI=1S/C43H60O7SSi/c1-9-35(30-48-52(41(5,6)7,38-18-12-10-13-19-38)39-20-14-11-15-21-39)40-33(3)29-34(4)43(50-40)27-16-17-36(49-43)26-28-42(8,44)31-47-51(45,46)37-24-22-32(2)23-25-37/h10-16,18-25,27,33-36,40,44H,9,17,26,28-31H2,1-8H3/t33-,34+,35-,36+,40-,42-,43-/m0/s1. The van der Waals surface area contributed by atoms with E-state index in [4.69, 9.17) is 18.1 Å². The lowest BCUT2D eigenvalue weighted by atomic mass is 9.78. The lowest BCUT2D eigenvalue weighted by Crippen LogP contribution is -2.67. The molecular formula is C43H60O7SSi. The van der Waals surface area contributed by atoms with E-state index in [1.54, 1.807) is 19.1 Å². The Balaban J connectivity index is 1.29. The van der Waals surface area contributed by atoms with Gasteiger partial charge in [0.1, 0.15) is 0 Å². The number of benzene rings is 3. The molecule has 2 aliphatic rings. The summed E-state index contributed by atoms with van der Waals surface area (Å²) < 4.78 is 52.3. The van der Waals surface area contributed by atoms with Crippen LogP contribution in [0.2, 0.25) is 5.04 Å². The second-order valence-corrected chi connectivity index (χ2v) is 22.4. The Morgan fingerprint density at radius 2 is 1.52 bits per heavy atom. The highest BCUT2D eigenvalue weighted by molar-refractivity contribution is 7.86. The van der Waals surface area contributed by atoms with Crippen LogP contribution in [0.25, 0.3) is 0 Å². The second kappa shape index (κ2) is 16.4. The van der Waals surface area contributed by atoms with Crippen LogP contribution in [-0.4, -0.2) is 58.7 Å². The number of hydrogen-bond acceptors (Lipinski definition) is 7. The Morgan fingerprint density at radius 1 is 0.923 bits per heavy atom. The van der Waals surface area contributed by atoms with Crippen LogP contribution in [0.15, 0.2) is 102 Å². The molecule has 284 valence electrons. The molecule has 52 heavy (non-hydrogen) atoms. The van der Waals surface area contributed by atoms with E-state index in [1.807, 2.05) is 6.92 Å². The number of hydrogen-bond donors (Lipinski definition) is 1. The Labute approximate surface area is 314 Å². The molecular weight excluding hydrogens is 689 g/mol. The molecule has 2 aliphatic heterocycles. The molecule has 3 aromatic carbocycles. The predicted octanol–water partition coefficient (Wildman–Crippen LogP) is 7.94. The molecule has 1 spiro atoms. The molecule has 7 atom stereocenters. The van der Waals surface area contributed by atoms with Gasteiger partial charge in [0.15, 0.2) is 5.79 Å². The summed E-state index contributed by atoms with van der Waals surface area (Å²) in [6.45, 7) is 17.4. The summed E-state index contributed by atoms with van der Waals surface area (Å²) in [6.07, 6.45) is 7.33. The Bertz CT molecular complexity index is 1680. The molecule has 0 amide bonds. The van der Waals surface area contributed by atoms with E-state index in [9.17, 15) is 13.5 Å². The largest absolute Gasteiger partial charge is 0.407 e. The fraction of sp³-hybridized carbons (Fsp3) is 0.535. The monoisotopic (exact) mass is 748 g/mol. The SMILES string of the molecule is CC[C@@H](CO[Si](c1ccccc1)(c1ccccc1)C(C)(C)C)[C@H]1O[C@@]2(C=CC[C@H](CC[C@](C)(O)COS(=O)(=O)c3ccc(C)cc3)O2)[C@H](C)C[C@@H]1C. The van der Waals surface area contributed by atoms with Gasteiger partial charge in [-0.25, -0.2) is 0 Å². The van der Waals surface area contributed by atoms with Crippen molar-refractivity contribution in [2.45, 2.75) is 121 Å². The van der Waals surface area contributed by atoms with Crippen LogP contribution in [0.5, 0.6) is 0 Å². The van der Waals surface area contributed by atoms with Gasteiger partial charge in [-0.1, -0.05) is 126 Å². The van der Waals surface area contributed by atoms with Crippen molar-refractivity contribution in [1.29, 1.82) is 0 Å². The minimum Gasteiger partial charge on any atom is -0.407 e. The van der Waals surface area contributed by atoms with Crippen molar-refractivity contribution in [1.82, 2.24) is 0 Å². The molecule has 0 aliphatic carbocycles. The van der Waals surface area contributed by atoms with Gasteiger partial charge in [-0.3, -0.25) is 4.18 Å². The molecule has 3 aromatic rings. The third-order valence-corrected chi connectivity index (χ3v) is 17.4. The van der Waals surface area contributed by atoms with Gasteiger partial charge in [0.05, 0.1) is 29.3 Å². The summed E-state index contributed by atoms with van der Waals surface area (Å²) in [5, 5.41) is 13.6. The first-order chi connectivity index (χ1) is 24.5. The quantitative estimate of drug-likeness (QED) is 0.102. The first kappa shape index (κ1) is 40.5. The zero-order valence-corrected chi connectivity index (χ0v) is 34.2. The summed E-state index contributed by atoms with van der Waals surface area (Å²) in [7, 11) is -6.72. The van der Waals surface area contributed by atoms with Gasteiger partial charge in [-0.05, 0) is 85.5 Å². The maximum atomic E-state index is 12.8. The van der Waals surface area contributed by atoms with Crippen LogP contribution < -0.4 is 10.4 Å². The van der Waals surface area contributed by atoms with E-state index in [1.165, 1.54) is 22.5 Å². The van der Waals surface area contributed by atoms with Crippen LogP contribution in [0.3, 0.4) is 0 Å². The van der Waals surface area contributed by atoms with Gasteiger partial charge >= 0.3 is 0 Å². The molecule has 5 rings (SSSR count). The van der Waals surface area contributed by atoms with Crippen molar-refractivity contribution in [3.8, 4) is 0 Å². The topological polar surface area (TPSA) is 91.3 Å². The van der Waals surface area contributed by atoms with Gasteiger partial charge in [-0.2, -0.15) is 8.42 Å². The van der Waals surface area contributed by atoms with Crippen LogP contribution >= 0.6 is 0 Å². The molecule has 2 heterocycles. The maximum absolute atomic E-state index is 12.8. The molecule has 9 heteroatoms. The van der Waals surface area contributed by atoms with E-state index in [0.717, 1.165) is 18.4 Å². The fourth-order valence-electron chi connectivity index (χ4n) is 8.08. The molecule has 7 nitrogen and oxygen atoms in total. The highest BCUT2D eigenvalue weighted by atomic mass is 32.2. The van der Waals surface area contributed by atoms with Gasteiger partial charge in [-0.15, -0.1) is 0 Å². The fourth-order valence-corrected chi connectivity index (χ4v) is 13.7. The van der Waals surface area contributed by atoms with Crippen molar-refractivity contribution in [3.63, 3.8) is 0 Å². The lowest BCUT2D eigenvalue weighted by molar-refractivity contribution is -0.316. The number of aryl methyl sites for hydroxylation is 1. The van der Waals surface area contributed by atoms with Crippen molar-refractivity contribution < 1.29 is 31.6 Å². The summed E-state index contributed by atoms with van der Waals surface area (Å²) >= 11 is 0. The number of rotatable bonds is 14. The normalized spacial score (nSPS) is 25.9. The lowest BCUT2D eigenvalue weighted by Gasteiger charge is -2.51. The molecule has 1 saturated heterocycles. The summed E-state index contributed by atoms with van der Waals surface area (Å²) in [5.74, 6) is -0.315. The second-order valence-electron chi connectivity index (χ2n) is 16.5. The van der Waals surface area contributed by atoms with E-state index >= 15 is 0 Å². The molecule has 0 radical (unpaired) electrons. The van der Waals surface area contributed by atoms with Crippen LogP contribution in [0.1, 0.15) is 86.1 Å². The average molecular weight is 749 g/mol.